The molecule has 2 heterocycles. The molecule has 1 aromatic carbocycles. The lowest BCUT2D eigenvalue weighted by Gasteiger charge is -2.37. The second kappa shape index (κ2) is 9.38. The Kier molecular flexibility index (Phi) is 6.96. The average Bonchev–Trinajstić information content (AvgIpc) is 2.73. The summed E-state index contributed by atoms with van der Waals surface area (Å²) in [5, 5.41) is 19.0. The Morgan fingerprint density at radius 1 is 1.06 bits per heavy atom. The molecular formula is C20H14Cl2F3N3O5. The molecule has 0 radical (unpaired) electrons. The van der Waals surface area contributed by atoms with Crippen LogP contribution in [0.25, 0.3) is 0 Å². The van der Waals surface area contributed by atoms with Crippen LogP contribution >= 0.6 is 23.2 Å². The van der Waals surface area contributed by atoms with Crippen LogP contribution in [-0.2, 0) is 5.60 Å². The Balaban J connectivity index is 1.89. The highest BCUT2D eigenvalue weighted by Crippen LogP contribution is 2.50. The number of benzene rings is 1. The first-order valence-corrected chi connectivity index (χ1v) is 9.78. The SMILES string of the molecule is CC(c1ccc(Oc2ncc(OC(=O)O)cn2)cc1Cl)C(O)(c1ccnc(Cl)c1)C(F)(F)F. The molecule has 3 rings (SSSR count). The minimum absolute atomic E-state index is 0.0112. The highest BCUT2D eigenvalue weighted by molar-refractivity contribution is 6.31. The molecule has 2 atom stereocenters. The van der Waals surface area contributed by atoms with Gasteiger partial charge in [0.1, 0.15) is 10.9 Å². The first kappa shape index (κ1) is 24.5. The highest BCUT2D eigenvalue weighted by atomic mass is 35.5. The van der Waals surface area contributed by atoms with Gasteiger partial charge < -0.3 is 19.7 Å². The fourth-order valence-electron chi connectivity index (χ4n) is 3.06. The van der Waals surface area contributed by atoms with Crippen LogP contribution in [-0.4, -0.2) is 37.5 Å². The van der Waals surface area contributed by atoms with E-state index in [1.54, 1.807) is 0 Å². The normalized spacial score (nSPS) is 14.3. The smallest absolute Gasteiger partial charge is 0.449 e. The molecular weight excluding hydrogens is 490 g/mol. The van der Waals surface area contributed by atoms with Gasteiger partial charge in [0.2, 0.25) is 0 Å². The molecule has 0 amide bonds. The van der Waals surface area contributed by atoms with Crippen LogP contribution in [0.1, 0.15) is 24.0 Å². The number of aromatic nitrogens is 3. The van der Waals surface area contributed by atoms with Gasteiger partial charge in [-0.15, -0.1) is 0 Å². The number of aliphatic hydroxyl groups is 1. The second-order valence-corrected chi connectivity index (χ2v) is 7.50. The number of pyridine rings is 1. The molecule has 3 aromatic rings. The van der Waals surface area contributed by atoms with Gasteiger partial charge in [-0.05, 0) is 35.4 Å². The van der Waals surface area contributed by atoms with E-state index in [0.717, 1.165) is 30.7 Å². The monoisotopic (exact) mass is 503 g/mol. The molecule has 0 fully saturated rings. The van der Waals surface area contributed by atoms with Gasteiger partial charge in [-0.3, -0.25) is 0 Å². The van der Waals surface area contributed by atoms with Gasteiger partial charge in [0, 0.05) is 17.1 Å². The molecule has 2 aromatic heterocycles. The Labute approximate surface area is 194 Å². The van der Waals surface area contributed by atoms with Crippen molar-refractivity contribution in [3.63, 3.8) is 0 Å². The molecule has 0 bridgehead atoms. The molecule has 0 saturated heterocycles. The minimum atomic E-state index is -5.07. The zero-order valence-electron chi connectivity index (χ0n) is 16.5. The zero-order valence-corrected chi connectivity index (χ0v) is 18.1. The molecule has 0 saturated carbocycles. The van der Waals surface area contributed by atoms with Gasteiger partial charge in [-0.2, -0.15) is 23.1 Å². The maximum Gasteiger partial charge on any atom is 0.511 e. The van der Waals surface area contributed by atoms with E-state index < -0.39 is 29.4 Å². The van der Waals surface area contributed by atoms with Crippen molar-refractivity contribution in [1.29, 1.82) is 0 Å². The van der Waals surface area contributed by atoms with Crippen LogP contribution in [0.4, 0.5) is 18.0 Å². The Hall–Kier alpha value is -3.15. The molecule has 33 heavy (non-hydrogen) atoms. The lowest BCUT2D eigenvalue weighted by molar-refractivity contribution is -0.274. The largest absolute Gasteiger partial charge is 0.511 e. The summed E-state index contributed by atoms with van der Waals surface area (Å²) in [5.74, 6) is -1.59. The van der Waals surface area contributed by atoms with E-state index in [-0.39, 0.29) is 33.2 Å². The first-order valence-electron chi connectivity index (χ1n) is 9.03. The predicted octanol–water partition coefficient (Wildman–Crippen LogP) is 5.58. The number of alkyl halides is 3. The van der Waals surface area contributed by atoms with Crippen molar-refractivity contribution >= 4 is 29.4 Å². The fraction of sp³-hybridized carbons (Fsp3) is 0.200. The molecule has 2 N–H and O–H groups in total. The summed E-state index contributed by atoms with van der Waals surface area (Å²) in [6.45, 7) is 1.17. The van der Waals surface area contributed by atoms with Crippen molar-refractivity contribution in [2.24, 2.45) is 0 Å². The Bertz CT molecular complexity index is 1160. The zero-order chi connectivity index (χ0) is 24.4. The number of carboxylic acid groups (broad SMARTS) is 1. The van der Waals surface area contributed by atoms with Crippen LogP contribution in [0.15, 0.2) is 48.9 Å². The summed E-state index contributed by atoms with van der Waals surface area (Å²) in [5.41, 5.74) is -3.81. The number of rotatable bonds is 6. The van der Waals surface area contributed by atoms with E-state index >= 15 is 0 Å². The Morgan fingerprint density at radius 3 is 2.27 bits per heavy atom. The standard InChI is InChI=1S/C20H14Cl2F3N3O5/c1-10(19(31,20(23,24)25)11-4-5-26-16(22)6-11)14-3-2-12(7-15(14)21)32-17-27-8-13(9-28-17)33-18(29)30/h2-10,31H,1H3,(H,29,30). The average molecular weight is 504 g/mol. The van der Waals surface area contributed by atoms with Gasteiger partial charge >= 0.3 is 18.3 Å². The van der Waals surface area contributed by atoms with Gasteiger partial charge in [-0.1, -0.05) is 36.2 Å². The van der Waals surface area contributed by atoms with Crippen molar-refractivity contribution in [2.45, 2.75) is 24.6 Å². The number of hydrogen-bond acceptors (Lipinski definition) is 7. The van der Waals surface area contributed by atoms with Crippen molar-refractivity contribution in [1.82, 2.24) is 15.0 Å². The van der Waals surface area contributed by atoms with E-state index in [4.69, 9.17) is 33.0 Å². The topological polar surface area (TPSA) is 115 Å². The van der Waals surface area contributed by atoms with Gasteiger partial charge in [0.15, 0.2) is 11.4 Å². The van der Waals surface area contributed by atoms with Crippen LogP contribution < -0.4 is 9.47 Å². The maximum atomic E-state index is 14.0. The number of nitrogens with zero attached hydrogens (tertiary/aromatic N) is 3. The van der Waals surface area contributed by atoms with Crippen LogP contribution in [0, 0.1) is 0 Å². The lowest BCUT2D eigenvalue weighted by atomic mass is 9.78. The summed E-state index contributed by atoms with van der Waals surface area (Å²) in [4.78, 5) is 21.7. The van der Waals surface area contributed by atoms with Crippen LogP contribution in [0.5, 0.6) is 17.5 Å². The summed E-state index contributed by atoms with van der Waals surface area (Å²) < 4.78 is 51.8. The van der Waals surface area contributed by atoms with E-state index in [2.05, 4.69) is 19.7 Å². The number of hydrogen-bond donors (Lipinski definition) is 2. The number of halogens is 5. The molecule has 13 heteroatoms. The number of ether oxygens (including phenoxy) is 2. The first-order chi connectivity index (χ1) is 15.4. The van der Waals surface area contributed by atoms with Crippen molar-refractivity contribution in [3.8, 4) is 17.5 Å². The molecule has 174 valence electrons. The second-order valence-electron chi connectivity index (χ2n) is 6.71. The van der Waals surface area contributed by atoms with Gasteiger partial charge in [0.25, 0.3) is 0 Å². The number of carbonyl (C=O) groups is 1. The van der Waals surface area contributed by atoms with Gasteiger partial charge in [0.05, 0.1) is 12.4 Å². The van der Waals surface area contributed by atoms with Crippen molar-refractivity contribution in [2.75, 3.05) is 0 Å². The fourth-order valence-corrected chi connectivity index (χ4v) is 3.57. The highest BCUT2D eigenvalue weighted by Gasteiger charge is 2.59. The summed E-state index contributed by atoms with van der Waals surface area (Å²) in [6.07, 6.45) is -3.44. The third kappa shape index (κ3) is 5.27. The molecule has 2 unspecified atom stereocenters. The van der Waals surface area contributed by atoms with E-state index in [1.807, 2.05) is 0 Å². The molecule has 8 nitrogen and oxygen atoms in total. The third-order valence-corrected chi connectivity index (χ3v) is 5.22. The maximum absolute atomic E-state index is 14.0. The molecule has 0 aliphatic heterocycles. The molecule has 0 aliphatic rings. The van der Waals surface area contributed by atoms with E-state index in [1.165, 1.54) is 25.1 Å². The quantitative estimate of drug-likeness (QED) is 0.330. The third-order valence-electron chi connectivity index (χ3n) is 4.68. The van der Waals surface area contributed by atoms with Crippen molar-refractivity contribution < 1.29 is 37.7 Å². The lowest BCUT2D eigenvalue weighted by Crippen LogP contribution is -2.46. The molecule has 0 spiro atoms. The predicted molar refractivity (Wildman–Crippen MR) is 110 cm³/mol. The van der Waals surface area contributed by atoms with Crippen LogP contribution in [0.3, 0.4) is 0 Å². The van der Waals surface area contributed by atoms with Gasteiger partial charge in [-0.25, -0.2) is 9.78 Å². The van der Waals surface area contributed by atoms with E-state index in [9.17, 15) is 23.1 Å². The minimum Gasteiger partial charge on any atom is -0.449 e. The summed E-state index contributed by atoms with van der Waals surface area (Å²) >= 11 is 12.0. The summed E-state index contributed by atoms with van der Waals surface area (Å²) in [6, 6.07) is 5.59. The Morgan fingerprint density at radius 2 is 1.73 bits per heavy atom. The van der Waals surface area contributed by atoms with Crippen molar-refractivity contribution in [3.05, 3.63) is 70.2 Å². The summed E-state index contributed by atoms with van der Waals surface area (Å²) in [7, 11) is 0. The van der Waals surface area contributed by atoms with Crippen LogP contribution in [0.2, 0.25) is 10.2 Å². The van der Waals surface area contributed by atoms with E-state index in [0.29, 0.717) is 0 Å². The molecule has 0 aliphatic carbocycles.